The van der Waals surface area contributed by atoms with Gasteiger partial charge in [0, 0.05) is 33.2 Å². The molecule has 0 aromatic rings. The van der Waals surface area contributed by atoms with Crippen LogP contribution in [0.3, 0.4) is 0 Å². The van der Waals surface area contributed by atoms with Crippen molar-refractivity contribution in [2.75, 3.05) is 40.3 Å². The molecule has 0 rings (SSSR count). The maximum absolute atomic E-state index is 3.66. The van der Waals surface area contributed by atoms with Crippen molar-refractivity contribution in [3.8, 4) is 0 Å². The SMILES string of the molecule is C=CN(C)CCNCCNC. The van der Waals surface area contributed by atoms with Crippen LogP contribution in [0.1, 0.15) is 0 Å². The smallest absolute Gasteiger partial charge is 0.0294 e. The van der Waals surface area contributed by atoms with Gasteiger partial charge in [0.05, 0.1) is 0 Å². The van der Waals surface area contributed by atoms with Gasteiger partial charge in [0.2, 0.25) is 0 Å². The largest absolute Gasteiger partial charge is 0.380 e. The molecule has 2 N–H and O–H groups in total. The van der Waals surface area contributed by atoms with E-state index in [4.69, 9.17) is 0 Å². The van der Waals surface area contributed by atoms with Crippen LogP contribution >= 0.6 is 0 Å². The van der Waals surface area contributed by atoms with Gasteiger partial charge in [0.15, 0.2) is 0 Å². The molecular weight excluding hydrogens is 138 g/mol. The predicted molar refractivity (Wildman–Crippen MR) is 49.6 cm³/mol. The summed E-state index contributed by atoms with van der Waals surface area (Å²) in [5, 5.41) is 6.37. The van der Waals surface area contributed by atoms with Gasteiger partial charge in [-0.3, -0.25) is 0 Å². The minimum Gasteiger partial charge on any atom is -0.380 e. The lowest BCUT2D eigenvalue weighted by atomic mass is 10.5. The van der Waals surface area contributed by atoms with Gasteiger partial charge in [-0.2, -0.15) is 0 Å². The zero-order chi connectivity index (χ0) is 8.53. The van der Waals surface area contributed by atoms with Crippen molar-refractivity contribution in [1.29, 1.82) is 0 Å². The maximum Gasteiger partial charge on any atom is 0.0294 e. The zero-order valence-corrected chi connectivity index (χ0v) is 7.56. The van der Waals surface area contributed by atoms with E-state index < -0.39 is 0 Å². The normalized spacial score (nSPS) is 9.64. The standard InChI is InChI=1S/C8H19N3/c1-4-11(3)8-7-10-6-5-9-2/h4,9-10H,1,5-8H2,2-3H3. The Morgan fingerprint density at radius 1 is 1.36 bits per heavy atom. The predicted octanol–water partition coefficient (Wildman–Crippen LogP) is -0.129. The van der Waals surface area contributed by atoms with Crippen LogP contribution in [-0.2, 0) is 0 Å². The number of nitrogens with zero attached hydrogens (tertiary/aromatic N) is 1. The van der Waals surface area contributed by atoms with Crippen LogP contribution in [0.15, 0.2) is 12.8 Å². The molecule has 3 heteroatoms. The average molecular weight is 157 g/mol. The molecule has 0 fully saturated rings. The van der Waals surface area contributed by atoms with E-state index in [0.717, 1.165) is 26.2 Å². The number of nitrogens with one attached hydrogen (secondary N) is 2. The van der Waals surface area contributed by atoms with E-state index in [0.29, 0.717) is 0 Å². The highest BCUT2D eigenvalue weighted by molar-refractivity contribution is 4.66. The third kappa shape index (κ3) is 7.36. The summed E-state index contributed by atoms with van der Waals surface area (Å²) in [6, 6.07) is 0. The lowest BCUT2D eigenvalue weighted by Gasteiger charge is -2.13. The molecule has 0 aliphatic heterocycles. The lowest BCUT2D eigenvalue weighted by Crippen LogP contribution is -2.30. The zero-order valence-electron chi connectivity index (χ0n) is 7.56. The fourth-order valence-electron chi connectivity index (χ4n) is 0.685. The lowest BCUT2D eigenvalue weighted by molar-refractivity contribution is 0.442. The summed E-state index contributed by atoms with van der Waals surface area (Å²) in [4.78, 5) is 2.06. The van der Waals surface area contributed by atoms with Crippen LogP contribution in [0.4, 0.5) is 0 Å². The summed E-state index contributed by atoms with van der Waals surface area (Å²) in [5.74, 6) is 0. The van der Waals surface area contributed by atoms with Crippen LogP contribution in [0.5, 0.6) is 0 Å². The first-order chi connectivity index (χ1) is 5.31. The van der Waals surface area contributed by atoms with Crippen LogP contribution in [-0.4, -0.2) is 45.2 Å². The monoisotopic (exact) mass is 157 g/mol. The molecule has 0 aliphatic rings. The highest BCUT2D eigenvalue weighted by Gasteiger charge is 1.88. The van der Waals surface area contributed by atoms with Gasteiger partial charge >= 0.3 is 0 Å². The summed E-state index contributed by atoms with van der Waals surface area (Å²) < 4.78 is 0. The first-order valence-electron chi connectivity index (χ1n) is 3.99. The van der Waals surface area contributed by atoms with Crippen molar-refractivity contribution in [1.82, 2.24) is 15.5 Å². The van der Waals surface area contributed by atoms with Crippen molar-refractivity contribution >= 4 is 0 Å². The van der Waals surface area contributed by atoms with Crippen molar-refractivity contribution in [3.63, 3.8) is 0 Å². The summed E-state index contributed by atoms with van der Waals surface area (Å²) in [6.45, 7) is 7.76. The summed E-state index contributed by atoms with van der Waals surface area (Å²) in [7, 11) is 3.98. The molecule has 0 amide bonds. The Morgan fingerprint density at radius 2 is 2.09 bits per heavy atom. The molecule has 0 aromatic carbocycles. The highest BCUT2D eigenvalue weighted by Crippen LogP contribution is 1.77. The Bertz CT molecular complexity index is 93.3. The second kappa shape index (κ2) is 7.57. The van der Waals surface area contributed by atoms with Crippen LogP contribution < -0.4 is 10.6 Å². The van der Waals surface area contributed by atoms with Gasteiger partial charge in [-0.15, -0.1) is 0 Å². The van der Waals surface area contributed by atoms with Crippen LogP contribution in [0, 0.1) is 0 Å². The molecule has 0 saturated carbocycles. The number of rotatable bonds is 7. The third-order valence-electron chi connectivity index (χ3n) is 1.50. The number of likely N-dealkylation sites (N-methyl/N-ethyl adjacent to an activating group) is 2. The van der Waals surface area contributed by atoms with Gasteiger partial charge in [-0.1, -0.05) is 6.58 Å². The molecule has 0 unspecified atom stereocenters. The highest BCUT2D eigenvalue weighted by atomic mass is 15.1. The van der Waals surface area contributed by atoms with E-state index >= 15 is 0 Å². The van der Waals surface area contributed by atoms with Gasteiger partial charge in [-0.25, -0.2) is 0 Å². The van der Waals surface area contributed by atoms with E-state index in [1.807, 2.05) is 20.3 Å². The quantitative estimate of drug-likeness (QED) is 0.504. The molecule has 3 nitrogen and oxygen atoms in total. The van der Waals surface area contributed by atoms with E-state index in [-0.39, 0.29) is 0 Å². The molecule has 0 spiro atoms. The Labute approximate surface area is 69.5 Å². The van der Waals surface area contributed by atoms with Crippen molar-refractivity contribution in [2.45, 2.75) is 0 Å². The molecular formula is C8H19N3. The minimum absolute atomic E-state index is 1.02. The summed E-state index contributed by atoms with van der Waals surface area (Å²) in [5.41, 5.74) is 0. The maximum atomic E-state index is 3.66. The van der Waals surface area contributed by atoms with Gasteiger partial charge in [0.25, 0.3) is 0 Å². The van der Waals surface area contributed by atoms with Crippen LogP contribution in [0.25, 0.3) is 0 Å². The molecule has 0 bridgehead atoms. The molecule has 0 aromatic heterocycles. The van der Waals surface area contributed by atoms with Crippen molar-refractivity contribution in [2.24, 2.45) is 0 Å². The molecule has 11 heavy (non-hydrogen) atoms. The first-order valence-corrected chi connectivity index (χ1v) is 3.99. The van der Waals surface area contributed by atoms with E-state index in [9.17, 15) is 0 Å². The summed E-state index contributed by atoms with van der Waals surface area (Å²) >= 11 is 0. The second-order valence-corrected chi connectivity index (χ2v) is 2.52. The van der Waals surface area contributed by atoms with Gasteiger partial charge < -0.3 is 15.5 Å². The molecule has 0 saturated heterocycles. The Kier molecular flexibility index (Phi) is 7.19. The summed E-state index contributed by atoms with van der Waals surface area (Å²) in [6.07, 6.45) is 1.83. The Balaban J connectivity index is 2.95. The molecule has 0 aliphatic carbocycles. The third-order valence-corrected chi connectivity index (χ3v) is 1.50. The molecule has 0 heterocycles. The van der Waals surface area contributed by atoms with Crippen LogP contribution in [0.2, 0.25) is 0 Å². The van der Waals surface area contributed by atoms with Gasteiger partial charge in [-0.05, 0) is 13.2 Å². The first kappa shape index (κ1) is 10.5. The molecule has 0 radical (unpaired) electrons. The van der Waals surface area contributed by atoms with E-state index in [2.05, 4.69) is 22.1 Å². The number of hydrogen-bond acceptors (Lipinski definition) is 3. The van der Waals surface area contributed by atoms with Crippen molar-refractivity contribution in [3.05, 3.63) is 12.8 Å². The minimum atomic E-state index is 1.02. The van der Waals surface area contributed by atoms with E-state index in [1.165, 1.54) is 0 Å². The second-order valence-electron chi connectivity index (χ2n) is 2.52. The average Bonchev–Trinajstić information content (AvgIpc) is 2.04. The Morgan fingerprint density at radius 3 is 2.64 bits per heavy atom. The molecule has 0 atom stereocenters. The van der Waals surface area contributed by atoms with Crippen molar-refractivity contribution < 1.29 is 0 Å². The fraction of sp³-hybridized carbons (Fsp3) is 0.750. The Hall–Kier alpha value is -0.540. The van der Waals surface area contributed by atoms with Gasteiger partial charge in [0.1, 0.15) is 0 Å². The fourth-order valence-corrected chi connectivity index (χ4v) is 0.685. The molecule has 66 valence electrons. The number of hydrogen-bond donors (Lipinski definition) is 2. The topological polar surface area (TPSA) is 27.3 Å². The van der Waals surface area contributed by atoms with E-state index in [1.54, 1.807) is 0 Å².